The molecule has 0 spiro atoms. The molecule has 18 heavy (non-hydrogen) atoms. The Bertz CT molecular complexity index is 423. The van der Waals surface area contributed by atoms with Gasteiger partial charge in [-0.25, -0.2) is 0 Å². The second-order valence-corrected chi connectivity index (χ2v) is 5.33. The van der Waals surface area contributed by atoms with Crippen molar-refractivity contribution in [3.05, 3.63) is 59.7 Å². The Morgan fingerprint density at radius 1 is 0.667 bits per heavy atom. The average Bonchev–Trinajstić information content (AvgIpc) is 2.40. The predicted octanol–water partition coefficient (Wildman–Crippen LogP) is 1.66. The van der Waals surface area contributed by atoms with E-state index in [-0.39, 0.29) is 12.4 Å². The van der Waals surface area contributed by atoms with E-state index in [2.05, 4.69) is 48.5 Å². The molecule has 0 aliphatic carbocycles. The minimum atomic E-state index is 0. The number of rotatable bonds is 4. The third-order valence-corrected chi connectivity index (χ3v) is 3.91. The molecule has 0 amide bonds. The van der Waals surface area contributed by atoms with Crippen molar-refractivity contribution in [2.45, 2.75) is 13.1 Å². The number of benzene rings is 2. The van der Waals surface area contributed by atoms with Gasteiger partial charge >= 0.3 is 0 Å². The third-order valence-electron chi connectivity index (χ3n) is 2.67. The van der Waals surface area contributed by atoms with E-state index in [1.165, 1.54) is 21.7 Å². The van der Waals surface area contributed by atoms with Crippen molar-refractivity contribution in [2.24, 2.45) is 11.5 Å². The average molecular weight is 281 g/mol. The van der Waals surface area contributed by atoms with Crippen LogP contribution in [0.3, 0.4) is 0 Å². The molecule has 0 saturated heterocycles. The highest BCUT2D eigenvalue weighted by atomic mass is 35.5. The number of nitrogens with two attached hydrogens (primary N) is 2. The molecule has 0 unspecified atom stereocenters. The standard InChI is InChI=1S/C14H17N2P.ClH/c15-9-11-1-5-13(6-2-11)17-14-7-3-12(10-16)4-8-14;/h1-8,17H,9-10,15-16H2;1H. The van der Waals surface area contributed by atoms with Gasteiger partial charge in [0.1, 0.15) is 0 Å². The fraction of sp³-hybridized carbons (Fsp3) is 0.143. The number of hydrogen-bond acceptors (Lipinski definition) is 2. The summed E-state index contributed by atoms with van der Waals surface area (Å²) in [6.07, 6.45) is 0. The molecule has 0 fully saturated rings. The Morgan fingerprint density at radius 3 is 1.28 bits per heavy atom. The van der Waals surface area contributed by atoms with Crippen LogP contribution in [0.4, 0.5) is 0 Å². The molecule has 2 nitrogen and oxygen atoms in total. The van der Waals surface area contributed by atoms with Crippen molar-refractivity contribution in [2.75, 3.05) is 0 Å². The van der Waals surface area contributed by atoms with Gasteiger partial charge in [0.2, 0.25) is 0 Å². The van der Waals surface area contributed by atoms with Gasteiger partial charge in [0.25, 0.3) is 0 Å². The molecule has 0 saturated carbocycles. The highest BCUT2D eigenvalue weighted by Gasteiger charge is 1.97. The van der Waals surface area contributed by atoms with E-state index in [1.807, 2.05) is 0 Å². The molecule has 2 aromatic carbocycles. The van der Waals surface area contributed by atoms with Gasteiger partial charge in [-0.05, 0) is 21.7 Å². The second kappa shape index (κ2) is 7.50. The summed E-state index contributed by atoms with van der Waals surface area (Å²) in [6, 6.07) is 17.0. The Labute approximate surface area is 116 Å². The monoisotopic (exact) mass is 280 g/mol. The van der Waals surface area contributed by atoms with Gasteiger partial charge in [-0.3, -0.25) is 0 Å². The molecule has 0 aliphatic rings. The van der Waals surface area contributed by atoms with Gasteiger partial charge in [0.15, 0.2) is 0 Å². The first kappa shape index (κ1) is 15.1. The van der Waals surface area contributed by atoms with Crippen molar-refractivity contribution >= 4 is 31.6 Å². The summed E-state index contributed by atoms with van der Waals surface area (Å²) in [7, 11) is 0.691. The summed E-state index contributed by atoms with van der Waals surface area (Å²) in [4.78, 5) is 0. The molecule has 96 valence electrons. The molecule has 4 heteroatoms. The van der Waals surface area contributed by atoms with Crippen molar-refractivity contribution in [3.8, 4) is 0 Å². The van der Waals surface area contributed by atoms with E-state index in [0.717, 1.165) is 0 Å². The van der Waals surface area contributed by atoms with Crippen LogP contribution in [0.15, 0.2) is 48.5 Å². The van der Waals surface area contributed by atoms with Gasteiger partial charge in [-0.2, -0.15) is 0 Å². The summed E-state index contributed by atoms with van der Waals surface area (Å²) in [6.45, 7) is 1.21. The zero-order valence-corrected chi connectivity index (χ0v) is 11.9. The van der Waals surface area contributed by atoms with E-state index in [1.54, 1.807) is 0 Å². The lowest BCUT2D eigenvalue weighted by molar-refractivity contribution is 1.07. The molecule has 0 heterocycles. The minimum absolute atomic E-state index is 0. The zero-order chi connectivity index (χ0) is 12.1. The maximum atomic E-state index is 5.57. The van der Waals surface area contributed by atoms with Crippen molar-refractivity contribution in [3.63, 3.8) is 0 Å². The highest BCUT2D eigenvalue weighted by Crippen LogP contribution is 2.11. The van der Waals surface area contributed by atoms with Crippen LogP contribution in [0.1, 0.15) is 11.1 Å². The maximum Gasteiger partial charge on any atom is 0.0178 e. The van der Waals surface area contributed by atoms with Gasteiger partial charge < -0.3 is 11.5 Å². The lowest BCUT2D eigenvalue weighted by atomic mass is 10.2. The normalized spacial score (nSPS) is 9.89. The van der Waals surface area contributed by atoms with Gasteiger partial charge in [0, 0.05) is 13.1 Å². The maximum absolute atomic E-state index is 5.57. The summed E-state index contributed by atoms with van der Waals surface area (Å²) in [5.41, 5.74) is 13.5. The molecular weight excluding hydrogens is 263 g/mol. The van der Waals surface area contributed by atoms with E-state index in [4.69, 9.17) is 11.5 Å². The molecule has 0 aromatic heterocycles. The predicted molar refractivity (Wildman–Crippen MR) is 83.5 cm³/mol. The van der Waals surface area contributed by atoms with Crippen LogP contribution in [0.2, 0.25) is 0 Å². The smallest absolute Gasteiger partial charge is 0.0178 e. The van der Waals surface area contributed by atoms with Crippen LogP contribution in [0, 0.1) is 0 Å². The largest absolute Gasteiger partial charge is 0.326 e. The summed E-state index contributed by atoms with van der Waals surface area (Å²) in [5, 5.41) is 2.67. The van der Waals surface area contributed by atoms with Gasteiger partial charge in [-0.15, -0.1) is 12.4 Å². The lowest BCUT2D eigenvalue weighted by Crippen LogP contribution is -2.05. The lowest BCUT2D eigenvalue weighted by Gasteiger charge is -2.04. The SMILES string of the molecule is Cl.NCc1ccc(Pc2ccc(CN)cc2)cc1. The Kier molecular flexibility index (Phi) is 6.31. The topological polar surface area (TPSA) is 52.0 Å². The van der Waals surface area contributed by atoms with Crippen LogP contribution < -0.4 is 22.1 Å². The third kappa shape index (κ3) is 4.08. The Hall–Kier alpha value is -0.920. The first-order valence-electron chi connectivity index (χ1n) is 5.67. The molecule has 2 rings (SSSR count). The van der Waals surface area contributed by atoms with Crippen molar-refractivity contribution in [1.82, 2.24) is 0 Å². The molecular formula is C14H18ClN2P. The minimum Gasteiger partial charge on any atom is -0.326 e. The molecule has 4 N–H and O–H groups in total. The second-order valence-electron chi connectivity index (χ2n) is 3.93. The van der Waals surface area contributed by atoms with Crippen LogP contribution in [0.25, 0.3) is 0 Å². The Morgan fingerprint density at radius 2 is 1.00 bits per heavy atom. The first-order chi connectivity index (χ1) is 8.31. The highest BCUT2D eigenvalue weighted by molar-refractivity contribution is 7.55. The molecule has 0 bridgehead atoms. The van der Waals surface area contributed by atoms with Crippen LogP contribution in [-0.4, -0.2) is 0 Å². The van der Waals surface area contributed by atoms with E-state index < -0.39 is 0 Å². The van der Waals surface area contributed by atoms with Crippen LogP contribution >= 0.6 is 21.0 Å². The molecule has 2 aromatic rings. The van der Waals surface area contributed by atoms with Crippen molar-refractivity contribution < 1.29 is 0 Å². The fourth-order valence-corrected chi connectivity index (χ4v) is 2.61. The van der Waals surface area contributed by atoms with Gasteiger partial charge in [0.05, 0.1) is 0 Å². The van der Waals surface area contributed by atoms with Gasteiger partial charge in [-0.1, -0.05) is 57.1 Å². The molecule has 0 radical (unpaired) electrons. The summed E-state index contributed by atoms with van der Waals surface area (Å²) in [5.74, 6) is 0. The first-order valence-corrected chi connectivity index (χ1v) is 6.67. The van der Waals surface area contributed by atoms with E-state index in [0.29, 0.717) is 21.7 Å². The van der Waals surface area contributed by atoms with Crippen LogP contribution in [-0.2, 0) is 13.1 Å². The van der Waals surface area contributed by atoms with Crippen LogP contribution in [0.5, 0.6) is 0 Å². The molecule has 0 aliphatic heterocycles. The fourth-order valence-electron chi connectivity index (χ4n) is 1.61. The summed E-state index contributed by atoms with van der Waals surface area (Å²) >= 11 is 0. The van der Waals surface area contributed by atoms with E-state index >= 15 is 0 Å². The number of halogens is 1. The quantitative estimate of drug-likeness (QED) is 0.837. The van der Waals surface area contributed by atoms with Crippen molar-refractivity contribution in [1.29, 1.82) is 0 Å². The van der Waals surface area contributed by atoms with E-state index in [9.17, 15) is 0 Å². The summed E-state index contributed by atoms with van der Waals surface area (Å²) < 4.78 is 0. The molecule has 0 atom stereocenters. The number of hydrogen-bond donors (Lipinski definition) is 2. The Balaban J connectivity index is 0.00000162. The zero-order valence-electron chi connectivity index (χ0n) is 10.1.